The van der Waals surface area contributed by atoms with Crippen LogP contribution in [0.3, 0.4) is 0 Å². The van der Waals surface area contributed by atoms with Crippen molar-refractivity contribution in [1.82, 2.24) is 5.32 Å². The fourth-order valence-corrected chi connectivity index (χ4v) is 2.08. The number of hydrogen-bond acceptors (Lipinski definition) is 7. The molecule has 0 bridgehead atoms. The van der Waals surface area contributed by atoms with E-state index in [2.05, 4.69) is 15.4 Å². The maximum Gasteiger partial charge on any atom is 0.412 e. The Morgan fingerprint density at radius 1 is 1.36 bits per heavy atom. The number of carbonyl (C=O) groups is 2. The molecule has 0 aliphatic carbocycles. The minimum absolute atomic E-state index is 0.222. The number of anilines is 1. The first-order chi connectivity index (χ1) is 10.2. The van der Waals surface area contributed by atoms with Crippen molar-refractivity contribution in [2.24, 2.45) is 0 Å². The number of amides is 1. The van der Waals surface area contributed by atoms with Crippen LogP contribution >= 0.6 is 11.3 Å². The monoisotopic (exact) mass is 325 g/mol. The van der Waals surface area contributed by atoms with E-state index >= 15 is 0 Å². The van der Waals surface area contributed by atoms with Gasteiger partial charge in [-0.05, 0) is 26.8 Å². The number of ether oxygens (including phenoxy) is 2. The topological polar surface area (TPSA) is 101 Å². The number of thiophene rings is 1. The van der Waals surface area contributed by atoms with Crippen molar-refractivity contribution in [2.75, 3.05) is 12.4 Å². The van der Waals surface area contributed by atoms with E-state index < -0.39 is 17.7 Å². The van der Waals surface area contributed by atoms with Crippen molar-refractivity contribution >= 4 is 35.3 Å². The minimum Gasteiger partial charge on any atom is -0.465 e. The molecule has 7 nitrogen and oxygen atoms in total. The molecule has 1 aromatic heterocycles. The number of allylic oxidation sites excluding steroid dienone is 1. The van der Waals surface area contributed by atoms with E-state index in [0.717, 1.165) is 6.21 Å². The molecule has 0 aliphatic heterocycles. The van der Waals surface area contributed by atoms with Gasteiger partial charge in [0.1, 0.15) is 10.5 Å². The van der Waals surface area contributed by atoms with Crippen LogP contribution < -0.4 is 10.6 Å². The van der Waals surface area contributed by atoms with Crippen LogP contribution in [0.4, 0.5) is 10.5 Å². The highest BCUT2D eigenvalue weighted by molar-refractivity contribution is 7.12. The summed E-state index contributed by atoms with van der Waals surface area (Å²) in [6.45, 7) is 5.25. The lowest BCUT2D eigenvalue weighted by atomic mass is 10.2. The highest BCUT2D eigenvalue weighted by atomic mass is 32.1. The number of rotatable bonds is 5. The summed E-state index contributed by atoms with van der Waals surface area (Å²) in [4.78, 5) is 23.4. The molecule has 0 aromatic carbocycles. The highest BCUT2D eigenvalue weighted by Gasteiger charge is 2.16. The van der Waals surface area contributed by atoms with E-state index in [1.807, 2.05) is 0 Å². The van der Waals surface area contributed by atoms with E-state index in [4.69, 9.17) is 10.1 Å². The van der Waals surface area contributed by atoms with Crippen molar-refractivity contribution < 1.29 is 19.1 Å². The summed E-state index contributed by atoms with van der Waals surface area (Å²) >= 11 is 1.23. The van der Waals surface area contributed by atoms with Crippen LogP contribution in [0.5, 0.6) is 0 Å². The van der Waals surface area contributed by atoms with Crippen LogP contribution in [0, 0.1) is 5.41 Å². The lowest BCUT2D eigenvalue weighted by Gasteiger charge is -2.19. The molecule has 22 heavy (non-hydrogen) atoms. The summed E-state index contributed by atoms with van der Waals surface area (Å²) in [7, 11) is 1.31. The largest absolute Gasteiger partial charge is 0.465 e. The number of nitrogens with one attached hydrogen (secondary N) is 3. The predicted octanol–water partition coefficient (Wildman–Crippen LogP) is 2.96. The zero-order valence-corrected chi connectivity index (χ0v) is 13.7. The third-order valence-corrected chi connectivity index (χ3v) is 3.09. The van der Waals surface area contributed by atoms with Crippen LogP contribution in [-0.2, 0) is 9.47 Å². The number of carbonyl (C=O) groups excluding carboxylic acids is 2. The van der Waals surface area contributed by atoms with E-state index in [-0.39, 0.29) is 5.70 Å². The van der Waals surface area contributed by atoms with Crippen LogP contribution in [0.25, 0.3) is 0 Å². The van der Waals surface area contributed by atoms with Gasteiger partial charge in [-0.25, -0.2) is 9.59 Å². The van der Waals surface area contributed by atoms with E-state index in [0.29, 0.717) is 10.6 Å². The molecule has 0 spiro atoms. The van der Waals surface area contributed by atoms with Gasteiger partial charge in [0.15, 0.2) is 0 Å². The van der Waals surface area contributed by atoms with Gasteiger partial charge in [0.05, 0.1) is 12.8 Å². The zero-order chi connectivity index (χ0) is 16.8. The Hall–Kier alpha value is -2.35. The summed E-state index contributed by atoms with van der Waals surface area (Å²) in [5, 5.41) is 14.3. The first-order valence-corrected chi connectivity index (χ1v) is 7.27. The molecule has 8 heteroatoms. The fraction of sp³-hybridized carbons (Fsp3) is 0.357. The molecule has 1 aromatic rings. The Morgan fingerprint density at radius 2 is 2.05 bits per heavy atom. The summed E-state index contributed by atoms with van der Waals surface area (Å²) in [5.41, 5.74) is 0.253. The molecule has 1 heterocycles. The van der Waals surface area contributed by atoms with E-state index in [1.54, 1.807) is 32.2 Å². The molecule has 0 atom stereocenters. The first kappa shape index (κ1) is 17.7. The molecule has 0 saturated heterocycles. The Balaban J connectivity index is 2.65. The summed E-state index contributed by atoms with van der Waals surface area (Å²) in [6.07, 6.45) is 1.76. The van der Waals surface area contributed by atoms with Crippen LogP contribution in [0.2, 0.25) is 0 Å². The second-order valence-corrected chi connectivity index (χ2v) is 6.12. The lowest BCUT2D eigenvalue weighted by Crippen LogP contribution is -2.32. The van der Waals surface area contributed by atoms with Crippen molar-refractivity contribution in [1.29, 1.82) is 5.41 Å². The third-order valence-electron chi connectivity index (χ3n) is 2.18. The van der Waals surface area contributed by atoms with Gasteiger partial charge in [0.2, 0.25) is 0 Å². The molecule has 1 amide bonds. The van der Waals surface area contributed by atoms with Crippen LogP contribution in [0.1, 0.15) is 30.4 Å². The molecule has 0 aliphatic rings. The smallest absolute Gasteiger partial charge is 0.412 e. The highest BCUT2D eigenvalue weighted by Crippen LogP contribution is 2.20. The Bertz CT molecular complexity index is 587. The standard InChI is InChI=1S/C14H19N3O4S/c1-14(2,3)21-13(19)17-10(6-15)7-16-9-5-11(22-8-9)12(18)20-4/h5-8,15-16H,1-4H3,(H,17,19)/b10-7+,15-6?. The molecule has 120 valence electrons. The normalized spacial score (nSPS) is 11.5. The summed E-state index contributed by atoms with van der Waals surface area (Å²) in [6, 6.07) is 1.61. The average Bonchev–Trinajstić information content (AvgIpc) is 2.89. The van der Waals surface area contributed by atoms with Crippen LogP contribution in [0.15, 0.2) is 23.3 Å². The van der Waals surface area contributed by atoms with Gasteiger partial charge in [0, 0.05) is 23.5 Å². The number of esters is 1. The maximum absolute atomic E-state index is 11.6. The predicted molar refractivity (Wildman–Crippen MR) is 85.5 cm³/mol. The average molecular weight is 325 g/mol. The van der Waals surface area contributed by atoms with E-state index in [1.165, 1.54) is 24.6 Å². The Kier molecular flexibility index (Phi) is 6.11. The summed E-state index contributed by atoms with van der Waals surface area (Å²) < 4.78 is 9.71. The SMILES string of the molecule is COC(=O)c1cc(N/C=C(\C=N)NC(=O)OC(C)(C)C)cs1. The fourth-order valence-electron chi connectivity index (χ4n) is 1.32. The van der Waals surface area contributed by atoms with Crippen molar-refractivity contribution in [3.63, 3.8) is 0 Å². The Labute approximate surface area is 132 Å². The molecular weight excluding hydrogens is 306 g/mol. The molecule has 0 radical (unpaired) electrons. The van der Waals surface area contributed by atoms with Gasteiger partial charge in [-0.1, -0.05) is 0 Å². The molecule has 0 saturated carbocycles. The quantitative estimate of drug-likeness (QED) is 0.571. The second kappa shape index (κ2) is 7.60. The van der Waals surface area contributed by atoms with Crippen molar-refractivity contribution in [2.45, 2.75) is 26.4 Å². The first-order valence-electron chi connectivity index (χ1n) is 6.39. The molecule has 1 rings (SSSR count). The number of alkyl carbamates (subject to hydrolysis) is 1. The van der Waals surface area contributed by atoms with Crippen LogP contribution in [-0.4, -0.2) is 31.0 Å². The van der Waals surface area contributed by atoms with Gasteiger partial charge < -0.3 is 20.2 Å². The lowest BCUT2D eigenvalue weighted by molar-refractivity contribution is 0.0547. The zero-order valence-electron chi connectivity index (χ0n) is 12.9. The van der Waals surface area contributed by atoms with Gasteiger partial charge in [-0.2, -0.15) is 0 Å². The Morgan fingerprint density at radius 3 is 2.59 bits per heavy atom. The van der Waals surface area contributed by atoms with E-state index in [9.17, 15) is 9.59 Å². The second-order valence-electron chi connectivity index (χ2n) is 5.21. The van der Waals surface area contributed by atoms with Gasteiger partial charge in [-0.3, -0.25) is 5.32 Å². The van der Waals surface area contributed by atoms with Crippen molar-refractivity contribution in [3.8, 4) is 0 Å². The molecular formula is C14H19N3O4S. The van der Waals surface area contributed by atoms with Crippen molar-refractivity contribution in [3.05, 3.63) is 28.2 Å². The number of methoxy groups -OCH3 is 1. The molecule has 0 unspecified atom stereocenters. The van der Waals surface area contributed by atoms with Gasteiger partial charge in [0.25, 0.3) is 0 Å². The van der Waals surface area contributed by atoms with Gasteiger partial charge >= 0.3 is 12.1 Å². The minimum atomic E-state index is -0.649. The van der Waals surface area contributed by atoms with Gasteiger partial charge in [-0.15, -0.1) is 11.3 Å². The summed E-state index contributed by atoms with van der Waals surface area (Å²) in [5.74, 6) is -0.416. The number of hydrogen-bond donors (Lipinski definition) is 3. The molecule has 0 fully saturated rings. The molecule has 3 N–H and O–H groups in total. The maximum atomic E-state index is 11.6. The third kappa shape index (κ3) is 5.96.